The van der Waals surface area contributed by atoms with E-state index < -0.39 is 6.61 Å². The Morgan fingerprint density at radius 1 is 1.03 bits per heavy atom. The minimum Gasteiger partial charge on any atom is -0.435 e. The van der Waals surface area contributed by atoms with Crippen molar-refractivity contribution in [1.82, 2.24) is 9.97 Å². The lowest BCUT2D eigenvalue weighted by atomic mass is 10.1. The highest BCUT2D eigenvalue weighted by Gasteiger charge is 2.28. The van der Waals surface area contributed by atoms with Gasteiger partial charge in [-0.25, -0.2) is 9.97 Å². The van der Waals surface area contributed by atoms with Crippen LogP contribution in [0.4, 0.5) is 20.4 Å². The number of amides is 1. The number of halogens is 2. The Morgan fingerprint density at radius 3 is 2.34 bits per heavy atom. The standard InChI is InChI=1S/C21H20F2N4O2/c1-26-12-13-27(20-19(26)24-16-4-2-3-5-17(16)25-20)18(28)11-8-14-6-9-15(10-7-14)29-21(22)23/h2-7,9-10,21H,8,11-13H2,1H3. The van der Waals surface area contributed by atoms with Crippen molar-refractivity contribution < 1.29 is 18.3 Å². The van der Waals surface area contributed by atoms with Crippen molar-refractivity contribution >= 4 is 28.6 Å². The van der Waals surface area contributed by atoms with Gasteiger partial charge < -0.3 is 9.64 Å². The molecule has 0 unspecified atom stereocenters. The van der Waals surface area contributed by atoms with Gasteiger partial charge >= 0.3 is 6.61 Å². The van der Waals surface area contributed by atoms with E-state index in [1.165, 1.54) is 12.1 Å². The van der Waals surface area contributed by atoms with Gasteiger partial charge in [0.2, 0.25) is 5.91 Å². The van der Waals surface area contributed by atoms with Crippen LogP contribution < -0.4 is 14.5 Å². The first-order valence-electron chi connectivity index (χ1n) is 9.33. The van der Waals surface area contributed by atoms with Crippen molar-refractivity contribution in [2.45, 2.75) is 19.5 Å². The maximum atomic E-state index is 12.9. The molecule has 0 radical (unpaired) electrons. The first kappa shape index (κ1) is 19.0. The maximum absolute atomic E-state index is 12.9. The van der Waals surface area contributed by atoms with E-state index in [2.05, 4.69) is 14.7 Å². The largest absolute Gasteiger partial charge is 0.435 e. The molecule has 2 heterocycles. The molecule has 6 nitrogen and oxygen atoms in total. The molecule has 29 heavy (non-hydrogen) atoms. The zero-order valence-electron chi connectivity index (χ0n) is 15.9. The number of fused-ring (bicyclic) bond motifs is 2. The SMILES string of the molecule is CN1CCN(C(=O)CCc2ccc(OC(F)F)cc2)c2nc3ccccc3nc21. The molecule has 0 saturated carbocycles. The van der Waals surface area contributed by atoms with Gasteiger partial charge in [0.15, 0.2) is 11.6 Å². The third-order valence-electron chi connectivity index (χ3n) is 4.89. The molecule has 150 valence electrons. The molecule has 1 aromatic heterocycles. The van der Waals surface area contributed by atoms with Gasteiger partial charge in [-0.3, -0.25) is 9.69 Å². The fraction of sp³-hybridized carbons (Fsp3) is 0.286. The number of aryl methyl sites for hydroxylation is 1. The fourth-order valence-electron chi connectivity index (χ4n) is 3.35. The van der Waals surface area contributed by atoms with Crippen molar-refractivity contribution in [3.63, 3.8) is 0 Å². The predicted octanol–water partition coefficient (Wildman–Crippen LogP) is 3.65. The van der Waals surface area contributed by atoms with Gasteiger partial charge in [0.25, 0.3) is 0 Å². The molecule has 0 fully saturated rings. The van der Waals surface area contributed by atoms with Crippen LogP contribution in [-0.4, -0.2) is 42.6 Å². The quantitative estimate of drug-likeness (QED) is 0.657. The van der Waals surface area contributed by atoms with Crippen molar-refractivity contribution in [2.75, 3.05) is 29.9 Å². The van der Waals surface area contributed by atoms with E-state index in [0.29, 0.717) is 31.1 Å². The molecule has 0 saturated heterocycles. The van der Waals surface area contributed by atoms with Gasteiger partial charge in [-0.2, -0.15) is 8.78 Å². The van der Waals surface area contributed by atoms with Crippen LogP contribution in [0.25, 0.3) is 11.0 Å². The summed E-state index contributed by atoms with van der Waals surface area (Å²) >= 11 is 0. The molecule has 2 aromatic carbocycles. The van der Waals surface area contributed by atoms with E-state index in [1.54, 1.807) is 17.0 Å². The van der Waals surface area contributed by atoms with Crippen LogP contribution in [0, 0.1) is 0 Å². The van der Waals surface area contributed by atoms with E-state index >= 15 is 0 Å². The van der Waals surface area contributed by atoms with Gasteiger partial charge in [-0.15, -0.1) is 0 Å². The van der Waals surface area contributed by atoms with Crippen LogP contribution in [0.3, 0.4) is 0 Å². The van der Waals surface area contributed by atoms with Crippen LogP contribution in [-0.2, 0) is 11.2 Å². The smallest absolute Gasteiger partial charge is 0.387 e. The highest BCUT2D eigenvalue weighted by Crippen LogP contribution is 2.31. The third kappa shape index (κ3) is 4.11. The molecule has 3 aromatic rings. The van der Waals surface area contributed by atoms with Crippen LogP contribution >= 0.6 is 0 Å². The summed E-state index contributed by atoms with van der Waals surface area (Å²) in [7, 11) is 1.94. The molecule has 1 aliphatic rings. The number of aromatic nitrogens is 2. The van der Waals surface area contributed by atoms with Crippen molar-refractivity contribution in [3.8, 4) is 5.75 Å². The minimum absolute atomic E-state index is 0.0446. The average molecular weight is 398 g/mol. The molecule has 0 bridgehead atoms. The minimum atomic E-state index is -2.85. The lowest BCUT2D eigenvalue weighted by molar-refractivity contribution is -0.118. The molecule has 0 atom stereocenters. The lowest BCUT2D eigenvalue weighted by Crippen LogP contribution is -2.43. The van der Waals surface area contributed by atoms with E-state index in [1.807, 2.05) is 36.2 Å². The summed E-state index contributed by atoms with van der Waals surface area (Å²) in [5.74, 6) is 1.32. The normalized spacial score (nSPS) is 13.7. The number of rotatable bonds is 5. The van der Waals surface area contributed by atoms with Gasteiger partial charge in [-0.1, -0.05) is 24.3 Å². The summed E-state index contributed by atoms with van der Waals surface area (Å²) < 4.78 is 28.8. The summed E-state index contributed by atoms with van der Waals surface area (Å²) in [6.07, 6.45) is 0.781. The van der Waals surface area contributed by atoms with E-state index in [4.69, 9.17) is 0 Å². The second kappa shape index (κ2) is 7.98. The van der Waals surface area contributed by atoms with Crippen LogP contribution in [0.5, 0.6) is 5.75 Å². The summed E-state index contributed by atoms with van der Waals surface area (Å²) in [5, 5.41) is 0. The number of anilines is 2. The second-order valence-electron chi connectivity index (χ2n) is 6.85. The van der Waals surface area contributed by atoms with Gasteiger partial charge in [0.05, 0.1) is 11.0 Å². The zero-order chi connectivity index (χ0) is 20.4. The van der Waals surface area contributed by atoms with Crippen LogP contribution in [0.2, 0.25) is 0 Å². The molecular weight excluding hydrogens is 378 g/mol. The number of carbonyl (C=O) groups is 1. The first-order chi connectivity index (χ1) is 14.0. The first-order valence-corrected chi connectivity index (χ1v) is 9.33. The van der Waals surface area contributed by atoms with Gasteiger partial charge in [0, 0.05) is 26.6 Å². The molecule has 1 aliphatic heterocycles. The van der Waals surface area contributed by atoms with Crippen LogP contribution in [0.15, 0.2) is 48.5 Å². The number of hydrogen-bond acceptors (Lipinski definition) is 5. The van der Waals surface area contributed by atoms with E-state index in [-0.39, 0.29) is 18.1 Å². The third-order valence-corrected chi connectivity index (χ3v) is 4.89. The summed E-state index contributed by atoms with van der Waals surface area (Å²) in [5.41, 5.74) is 2.41. The molecule has 1 amide bonds. The maximum Gasteiger partial charge on any atom is 0.387 e. The second-order valence-corrected chi connectivity index (χ2v) is 6.85. The average Bonchev–Trinajstić information content (AvgIpc) is 2.72. The van der Waals surface area contributed by atoms with Crippen LogP contribution in [0.1, 0.15) is 12.0 Å². The Morgan fingerprint density at radius 2 is 1.69 bits per heavy atom. The monoisotopic (exact) mass is 398 g/mol. The fourth-order valence-corrected chi connectivity index (χ4v) is 3.35. The number of benzene rings is 2. The Labute approximate surface area is 166 Å². The summed E-state index contributed by atoms with van der Waals surface area (Å²) in [6.45, 7) is -1.64. The topological polar surface area (TPSA) is 58.6 Å². The molecular formula is C21H20F2N4O2. The summed E-state index contributed by atoms with van der Waals surface area (Å²) in [4.78, 5) is 25.9. The van der Waals surface area contributed by atoms with Crippen molar-refractivity contribution in [1.29, 1.82) is 0 Å². The number of likely N-dealkylation sites (N-methyl/N-ethyl adjacent to an activating group) is 1. The van der Waals surface area contributed by atoms with Gasteiger partial charge in [-0.05, 0) is 36.2 Å². The number of para-hydroxylation sites is 2. The lowest BCUT2D eigenvalue weighted by Gasteiger charge is -2.33. The number of hydrogen-bond donors (Lipinski definition) is 0. The Bertz CT molecular complexity index is 1030. The van der Waals surface area contributed by atoms with Crippen molar-refractivity contribution in [3.05, 3.63) is 54.1 Å². The number of alkyl halides is 2. The van der Waals surface area contributed by atoms with E-state index in [9.17, 15) is 13.6 Å². The predicted molar refractivity (Wildman–Crippen MR) is 107 cm³/mol. The molecule has 0 spiro atoms. The zero-order valence-corrected chi connectivity index (χ0v) is 15.9. The summed E-state index contributed by atoms with van der Waals surface area (Å²) in [6, 6.07) is 13.9. The highest BCUT2D eigenvalue weighted by atomic mass is 19.3. The molecule has 8 heteroatoms. The highest BCUT2D eigenvalue weighted by molar-refractivity contribution is 5.97. The molecule has 4 rings (SSSR count). The Balaban J connectivity index is 1.49. The Kier molecular flexibility index (Phi) is 5.24. The number of nitrogens with zero attached hydrogens (tertiary/aromatic N) is 4. The molecule has 0 N–H and O–H groups in total. The Hall–Kier alpha value is -3.29. The van der Waals surface area contributed by atoms with E-state index in [0.717, 1.165) is 16.6 Å². The van der Waals surface area contributed by atoms with Gasteiger partial charge in [0.1, 0.15) is 5.75 Å². The number of ether oxygens (including phenoxy) is 1. The molecule has 0 aliphatic carbocycles. The van der Waals surface area contributed by atoms with Crippen molar-refractivity contribution in [2.24, 2.45) is 0 Å². The number of carbonyl (C=O) groups excluding carboxylic acids is 1.